The zero-order valence-corrected chi connectivity index (χ0v) is 12.3. The van der Waals surface area contributed by atoms with Crippen molar-refractivity contribution in [2.45, 2.75) is 45.4 Å². The van der Waals surface area contributed by atoms with Gasteiger partial charge in [0.2, 0.25) is 0 Å². The number of esters is 1. The average molecular weight is 288 g/mol. The number of carbonyl (C=O) groups is 1. The first-order valence-electron chi connectivity index (χ1n) is 6.43. The molecule has 1 heterocycles. The van der Waals surface area contributed by atoms with Crippen molar-refractivity contribution in [3.63, 3.8) is 0 Å². The van der Waals surface area contributed by atoms with Crippen molar-refractivity contribution in [3.8, 4) is 0 Å². The number of aromatic nitrogens is 1. The Morgan fingerprint density at radius 1 is 1.50 bits per heavy atom. The van der Waals surface area contributed by atoms with Crippen molar-refractivity contribution in [2.75, 3.05) is 6.61 Å². The minimum Gasteiger partial charge on any atom is -0.466 e. The smallest absolute Gasteiger partial charge is 0.309 e. The molecule has 1 aromatic rings. The van der Waals surface area contributed by atoms with Gasteiger partial charge in [0.1, 0.15) is 4.34 Å². The van der Waals surface area contributed by atoms with E-state index in [2.05, 4.69) is 4.98 Å². The lowest BCUT2D eigenvalue weighted by Crippen LogP contribution is -2.27. The predicted octanol–water partition coefficient (Wildman–Crippen LogP) is 3.94. The molecule has 0 saturated heterocycles. The van der Waals surface area contributed by atoms with Crippen molar-refractivity contribution in [1.82, 2.24) is 4.98 Å². The molecule has 2 rings (SSSR count). The molecule has 1 aromatic heterocycles. The molecule has 100 valence electrons. The zero-order chi connectivity index (χ0) is 13.1. The summed E-state index contributed by atoms with van der Waals surface area (Å²) < 4.78 is 5.91. The van der Waals surface area contributed by atoms with Gasteiger partial charge in [0.15, 0.2) is 0 Å². The van der Waals surface area contributed by atoms with Crippen LogP contribution in [0.3, 0.4) is 0 Å². The third kappa shape index (κ3) is 2.86. The van der Waals surface area contributed by atoms with E-state index >= 15 is 0 Å². The number of nitrogens with zero attached hydrogens (tertiary/aromatic N) is 1. The Labute approximate surface area is 117 Å². The van der Waals surface area contributed by atoms with Crippen molar-refractivity contribution in [2.24, 2.45) is 5.92 Å². The number of carbonyl (C=O) groups excluding carboxylic acids is 1. The standard InChI is InChI=1S/C13H18ClNO2S/c1-3-17-13(16)10-7-5-4-6-9(10)12-15-8(2)11(14)18-12/h9-10H,3-7H2,1-2H3. The lowest BCUT2D eigenvalue weighted by atomic mass is 9.79. The molecule has 0 aliphatic heterocycles. The van der Waals surface area contributed by atoms with Gasteiger partial charge in [-0.2, -0.15) is 0 Å². The summed E-state index contributed by atoms with van der Waals surface area (Å²) in [5.74, 6) is 0.0699. The van der Waals surface area contributed by atoms with Gasteiger partial charge in [-0.25, -0.2) is 4.98 Å². The molecule has 2 atom stereocenters. The highest BCUT2D eigenvalue weighted by Gasteiger charge is 2.35. The normalized spacial score (nSPS) is 23.9. The van der Waals surface area contributed by atoms with Crippen LogP contribution in [0, 0.1) is 12.8 Å². The number of rotatable bonds is 3. The average Bonchev–Trinajstić information content (AvgIpc) is 2.70. The molecule has 1 saturated carbocycles. The molecule has 0 N–H and O–H groups in total. The molecule has 0 radical (unpaired) electrons. The number of hydrogen-bond acceptors (Lipinski definition) is 4. The Bertz CT molecular complexity index is 413. The lowest BCUT2D eigenvalue weighted by Gasteiger charge is -2.28. The fourth-order valence-corrected chi connectivity index (χ4v) is 3.79. The van der Waals surface area contributed by atoms with Crippen LogP contribution in [0.4, 0.5) is 0 Å². The first-order valence-corrected chi connectivity index (χ1v) is 7.62. The van der Waals surface area contributed by atoms with Gasteiger partial charge in [-0.3, -0.25) is 4.79 Å². The molecule has 2 unspecified atom stereocenters. The Morgan fingerprint density at radius 3 is 2.83 bits per heavy atom. The highest BCUT2D eigenvalue weighted by atomic mass is 35.5. The number of halogens is 1. The minimum atomic E-state index is -0.0776. The molecule has 5 heteroatoms. The van der Waals surface area contributed by atoms with Gasteiger partial charge >= 0.3 is 5.97 Å². The maximum Gasteiger partial charge on any atom is 0.309 e. The topological polar surface area (TPSA) is 39.2 Å². The van der Waals surface area contributed by atoms with Gasteiger partial charge in [-0.1, -0.05) is 24.4 Å². The third-order valence-electron chi connectivity index (χ3n) is 3.43. The van der Waals surface area contributed by atoms with Gasteiger partial charge in [0.05, 0.1) is 23.2 Å². The van der Waals surface area contributed by atoms with E-state index in [4.69, 9.17) is 16.3 Å². The summed E-state index contributed by atoms with van der Waals surface area (Å²) in [7, 11) is 0. The Morgan fingerprint density at radius 2 is 2.22 bits per heavy atom. The number of aryl methyl sites for hydroxylation is 1. The van der Waals surface area contributed by atoms with Gasteiger partial charge in [-0.05, 0) is 26.7 Å². The summed E-state index contributed by atoms with van der Waals surface area (Å²) in [4.78, 5) is 16.5. The molecule has 0 aromatic carbocycles. The van der Waals surface area contributed by atoms with Crippen molar-refractivity contribution in [1.29, 1.82) is 0 Å². The monoisotopic (exact) mass is 287 g/mol. The lowest BCUT2D eigenvalue weighted by molar-refractivity contribution is -0.149. The van der Waals surface area contributed by atoms with E-state index in [0.29, 0.717) is 6.61 Å². The molecule has 3 nitrogen and oxygen atoms in total. The van der Waals surface area contributed by atoms with Gasteiger partial charge in [-0.15, -0.1) is 11.3 Å². The Kier molecular flexibility index (Phi) is 4.62. The van der Waals surface area contributed by atoms with E-state index in [1.807, 2.05) is 13.8 Å². The molecule has 0 amide bonds. The van der Waals surface area contributed by atoms with Crippen molar-refractivity contribution < 1.29 is 9.53 Å². The highest BCUT2D eigenvalue weighted by Crippen LogP contribution is 2.41. The van der Waals surface area contributed by atoms with E-state index in [0.717, 1.165) is 40.7 Å². The van der Waals surface area contributed by atoms with Crippen LogP contribution in [0.25, 0.3) is 0 Å². The van der Waals surface area contributed by atoms with Crippen LogP contribution in [0.15, 0.2) is 0 Å². The largest absolute Gasteiger partial charge is 0.466 e. The van der Waals surface area contributed by atoms with E-state index in [1.165, 1.54) is 11.3 Å². The SMILES string of the molecule is CCOC(=O)C1CCCCC1c1nc(C)c(Cl)s1. The maximum absolute atomic E-state index is 12.0. The van der Waals surface area contributed by atoms with E-state index < -0.39 is 0 Å². The molecule has 0 spiro atoms. The minimum absolute atomic E-state index is 0.0414. The molecule has 18 heavy (non-hydrogen) atoms. The highest BCUT2D eigenvalue weighted by molar-refractivity contribution is 7.16. The zero-order valence-electron chi connectivity index (χ0n) is 10.7. The summed E-state index contributed by atoms with van der Waals surface area (Å²) in [5, 5.41) is 0.996. The maximum atomic E-state index is 12.0. The molecule has 1 aliphatic rings. The number of ether oxygens (including phenoxy) is 1. The van der Waals surface area contributed by atoms with Crippen LogP contribution in [0.2, 0.25) is 4.34 Å². The van der Waals surface area contributed by atoms with Gasteiger partial charge < -0.3 is 4.74 Å². The molecular formula is C13H18ClNO2S. The van der Waals surface area contributed by atoms with Crippen LogP contribution < -0.4 is 0 Å². The van der Waals surface area contributed by atoms with Gasteiger partial charge in [0.25, 0.3) is 0 Å². The Balaban J connectivity index is 2.19. The van der Waals surface area contributed by atoms with Crippen LogP contribution in [0.1, 0.15) is 49.2 Å². The second kappa shape index (κ2) is 6.02. The number of hydrogen-bond donors (Lipinski definition) is 0. The van der Waals surface area contributed by atoms with Crippen LogP contribution in [-0.2, 0) is 9.53 Å². The summed E-state index contributed by atoms with van der Waals surface area (Å²) in [6.07, 6.45) is 4.15. The molecular weight excluding hydrogens is 270 g/mol. The summed E-state index contributed by atoms with van der Waals surface area (Å²) in [6, 6.07) is 0. The summed E-state index contributed by atoms with van der Waals surface area (Å²) >= 11 is 7.58. The molecule has 1 fully saturated rings. The van der Waals surface area contributed by atoms with Crippen molar-refractivity contribution in [3.05, 3.63) is 15.0 Å². The molecule has 0 bridgehead atoms. The van der Waals surface area contributed by atoms with E-state index in [1.54, 1.807) is 0 Å². The second-order valence-corrected chi connectivity index (χ2v) is 6.29. The third-order valence-corrected chi connectivity index (χ3v) is 5.01. The van der Waals surface area contributed by atoms with Crippen molar-refractivity contribution >= 4 is 28.9 Å². The van der Waals surface area contributed by atoms with E-state index in [-0.39, 0.29) is 17.8 Å². The first kappa shape index (κ1) is 13.8. The summed E-state index contributed by atoms with van der Waals surface area (Å²) in [5.41, 5.74) is 0.866. The van der Waals surface area contributed by atoms with Crippen LogP contribution >= 0.6 is 22.9 Å². The summed E-state index contributed by atoms with van der Waals surface area (Å²) in [6.45, 7) is 4.20. The predicted molar refractivity (Wildman–Crippen MR) is 73.2 cm³/mol. The van der Waals surface area contributed by atoms with Crippen LogP contribution in [-0.4, -0.2) is 17.6 Å². The van der Waals surface area contributed by atoms with E-state index in [9.17, 15) is 4.79 Å². The van der Waals surface area contributed by atoms with Crippen LogP contribution in [0.5, 0.6) is 0 Å². The Hall–Kier alpha value is -0.610. The quantitative estimate of drug-likeness (QED) is 0.791. The number of thiazole rings is 1. The fourth-order valence-electron chi connectivity index (χ4n) is 2.51. The van der Waals surface area contributed by atoms with Gasteiger partial charge in [0, 0.05) is 5.92 Å². The molecule has 1 aliphatic carbocycles. The first-order chi connectivity index (χ1) is 8.63. The second-order valence-electron chi connectivity index (χ2n) is 4.66. The fraction of sp³-hybridized carbons (Fsp3) is 0.692.